The highest BCUT2D eigenvalue weighted by atomic mass is 32.2. The first-order chi connectivity index (χ1) is 11.4. The Kier molecular flexibility index (Phi) is 5.52. The molecule has 0 spiro atoms. The summed E-state index contributed by atoms with van der Waals surface area (Å²) >= 11 is 0.847. The fourth-order valence-corrected chi connectivity index (χ4v) is 3.14. The zero-order chi connectivity index (χ0) is 17.7. The average Bonchev–Trinajstić information content (AvgIpc) is 2.93. The Bertz CT molecular complexity index is 683. The number of rotatable bonds is 7. The van der Waals surface area contributed by atoms with Gasteiger partial charge in [0.25, 0.3) is 16.0 Å². The predicted octanol–water partition coefficient (Wildman–Crippen LogP) is 0.785. The van der Waals surface area contributed by atoms with Gasteiger partial charge in [-0.05, 0) is 5.56 Å². The summed E-state index contributed by atoms with van der Waals surface area (Å²) in [5, 5.41) is 23.7. The fraction of sp³-hybridized carbons (Fsp3) is 0.333. The lowest BCUT2D eigenvalue weighted by Gasteiger charge is -2.17. The number of carbonyl (C=O) groups is 2. The summed E-state index contributed by atoms with van der Waals surface area (Å²) in [7, 11) is 0. The Balaban J connectivity index is 2.07. The molecule has 1 heterocycles. The molecular formula is C12H12N4O7S. The van der Waals surface area contributed by atoms with E-state index in [1.807, 2.05) is 0 Å². The second kappa shape index (κ2) is 7.59. The fourth-order valence-electron chi connectivity index (χ4n) is 2.10. The van der Waals surface area contributed by atoms with Gasteiger partial charge in [0.1, 0.15) is 12.6 Å². The predicted molar refractivity (Wildman–Crippen MR) is 81.7 cm³/mol. The minimum absolute atomic E-state index is 0.113. The molecule has 11 nitrogen and oxygen atoms in total. The first-order valence-electron chi connectivity index (χ1n) is 6.65. The summed E-state index contributed by atoms with van der Waals surface area (Å²) < 4.78 is 0. The molecule has 2 N–H and O–H groups in total. The van der Waals surface area contributed by atoms with E-state index in [0.717, 1.165) is 11.8 Å². The zero-order valence-electron chi connectivity index (χ0n) is 12.0. The van der Waals surface area contributed by atoms with Crippen molar-refractivity contribution in [2.45, 2.75) is 11.3 Å². The molecule has 24 heavy (non-hydrogen) atoms. The maximum atomic E-state index is 12.1. The van der Waals surface area contributed by atoms with E-state index in [1.54, 1.807) is 6.07 Å². The van der Waals surface area contributed by atoms with Crippen molar-refractivity contribution in [3.05, 3.63) is 50.1 Å². The largest absolute Gasteiger partial charge is 0.352 e. The van der Waals surface area contributed by atoms with E-state index in [-0.39, 0.29) is 18.8 Å². The average molecular weight is 356 g/mol. The molecule has 128 valence electrons. The summed E-state index contributed by atoms with van der Waals surface area (Å²) in [6.45, 7) is -0.438. The summed E-state index contributed by atoms with van der Waals surface area (Å²) in [6, 6.07) is 4.72. The molecule has 2 atom stereocenters. The molecule has 2 amide bonds. The summed E-state index contributed by atoms with van der Waals surface area (Å²) in [6.07, 6.45) is 0. The number of nitrogens with zero attached hydrogens (tertiary/aromatic N) is 2. The molecule has 1 saturated heterocycles. The van der Waals surface area contributed by atoms with Crippen LogP contribution in [0.3, 0.4) is 0 Å². The van der Waals surface area contributed by atoms with Crippen LogP contribution < -0.4 is 10.6 Å². The lowest BCUT2D eigenvalue weighted by atomic mass is 10.0. The van der Waals surface area contributed by atoms with Crippen LogP contribution in [0.2, 0.25) is 0 Å². The molecule has 0 aromatic heterocycles. The third kappa shape index (κ3) is 4.32. The number of nitro groups is 1. The summed E-state index contributed by atoms with van der Waals surface area (Å²) in [4.78, 5) is 48.1. The van der Waals surface area contributed by atoms with E-state index in [0.29, 0.717) is 5.56 Å². The van der Waals surface area contributed by atoms with E-state index < -0.39 is 32.4 Å². The van der Waals surface area contributed by atoms with Crippen LogP contribution in [0.25, 0.3) is 0 Å². The molecule has 0 radical (unpaired) electrons. The third-order valence-electron chi connectivity index (χ3n) is 3.10. The zero-order valence-corrected chi connectivity index (χ0v) is 12.9. The normalized spacial score (nSPS) is 19.4. The van der Waals surface area contributed by atoms with Crippen LogP contribution in [0.1, 0.15) is 10.8 Å². The Morgan fingerprint density at radius 1 is 1.38 bits per heavy atom. The van der Waals surface area contributed by atoms with Crippen molar-refractivity contribution >= 4 is 28.6 Å². The van der Waals surface area contributed by atoms with E-state index in [9.17, 15) is 29.8 Å². The first-order valence-corrected chi connectivity index (χ1v) is 7.53. The number of thioether (sulfide) groups is 1. The van der Waals surface area contributed by atoms with Crippen molar-refractivity contribution in [1.29, 1.82) is 0 Å². The Labute approximate surface area is 139 Å². The molecule has 2 unspecified atom stereocenters. The lowest BCUT2D eigenvalue weighted by molar-refractivity contribution is -0.757. The number of amides is 2. The van der Waals surface area contributed by atoms with Gasteiger partial charge in [-0.2, -0.15) is 0 Å². The summed E-state index contributed by atoms with van der Waals surface area (Å²) in [5.41, 5.74) is 0.306. The van der Waals surface area contributed by atoms with Gasteiger partial charge in [0.15, 0.2) is 0 Å². The Morgan fingerprint density at radius 2 is 2.12 bits per heavy atom. The molecule has 0 saturated carbocycles. The van der Waals surface area contributed by atoms with Gasteiger partial charge in [-0.3, -0.25) is 19.7 Å². The monoisotopic (exact) mass is 356 g/mol. The van der Waals surface area contributed by atoms with E-state index in [2.05, 4.69) is 15.5 Å². The highest BCUT2D eigenvalue weighted by Gasteiger charge is 2.39. The van der Waals surface area contributed by atoms with Crippen LogP contribution >= 0.6 is 11.8 Å². The van der Waals surface area contributed by atoms with E-state index in [1.165, 1.54) is 18.2 Å². The standard InChI is InChI=1S/C12H12N4O7S/c17-11(13-4-5-23-16(21)22)9-10(24-12(18)14-9)7-2-1-3-8(6-7)15(19)20/h1-3,6,9-10H,4-5H2,(H,13,17)(H,14,18). The van der Waals surface area contributed by atoms with Crippen LogP contribution in [0, 0.1) is 20.2 Å². The molecular weight excluding hydrogens is 344 g/mol. The van der Waals surface area contributed by atoms with Crippen LogP contribution in [-0.4, -0.2) is 40.3 Å². The van der Waals surface area contributed by atoms with Gasteiger partial charge >= 0.3 is 0 Å². The molecule has 2 rings (SSSR count). The highest BCUT2D eigenvalue weighted by Crippen LogP contribution is 2.38. The van der Waals surface area contributed by atoms with Gasteiger partial charge in [-0.1, -0.05) is 23.9 Å². The molecule has 0 bridgehead atoms. The van der Waals surface area contributed by atoms with Crippen molar-refractivity contribution in [1.82, 2.24) is 10.6 Å². The number of hydrogen-bond acceptors (Lipinski definition) is 8. The summed E-state index contributed by atoms with van der Waals surface area (Å²) in [5.74, 6) is -0.559. The lowest BCUT2D eigenvalue weighted by Crippen LogP contribution is -2.44. The van der Waals surface area contributed by atoms with Gasteiger partial charge in [-0.15, -0.1) is 10.1 Å². The molecule has 1 aliphatic heterocycles. The molecule has 12 heteroatoms. The topological polar surface area (TPSA) is 154 Å². The quantitative estimate of drug-likeness (QED) is 0.413. The van der Waals surface area contributed by atoms with Crippen LogP contribution in [0.5, 0.6) is 0 Å². The third-order valence-corrected chi connectivity index (χ3v) is 4.23. The van der Waals surface area contributed by atoms with Gasteiger partial charge < -0.3 is 15.5 Å². The second-order valence-corrected chi connectivity index (χ2v) is 5.76. The second-order valence-electron chi connectivity index (χ2n) is 4.65. The smallest absolute Gasteiger partial charge is 0.294 e. The Hall–Kier alpha value is -2.89. The van der Waals surface area contributed by atoms with Gasteiger partial charge in [0, 0.05) is 18.7 Å². The number of nitro benzene ring substituents is 1. The van der Waals surface area contributed by atoms with Crippen molar-refractivity contribution in [3.63, 3.8) is 0 Å². The number of carbonyl (C=O) groups excluding carboxylic acids is 2. The van der Waals surface area contributed by atoms with Crippen molar-refractivity contribution in [3.8, 4) is 0 Å². The number of hydrogen-bond donors (Lipinski definition) is 2. The van der Waals surface area contributed by atoms with Crippen molar-refractivity contribution < 1.29 is 24.4 Å². The number of nitrogens with one attached hydrogen (secondary N) is 2. The SMILES string of the molecule is O=C1NC(C(=O)NCCO[N+](=O)[O-])C(c2cccc([N+](=O)[O-])c2)S1. The molecule has 0 aliphatic carbocycles. The van der Waals surface area contributed by atoms with Gasteiger partial charge in [-0.25, -0.2) is 0 Å². The van der Waals surface area contributed by atoms with Gasteiger partial charge in [0.2, 0.25) is 5.91 Å². The van der Waals surface area contributed by atoms with Crippen LogP contribution in [-0.2, 0) is 9.63 Å². The molecule has 1 aliphatic rings. The molecule has 1 aromatic carbocycles. The van der Waals surface area contributed by atoms with E-state index in [4.69, 9.17) is 0 Å². The van der Waals surface area contributed by atoms with Crippen LogP contribution in [0.4, 0.5) is 10.5 Å². The maximum Gasteiger partial charge on any atom is 0.294 e. The molecule has 1 aromatic rings. The van der Waals surface area contributed by atoms with Gasteiger partial charge in [0.05, 0.1) is 10.2 Å². The minimum Gasteiger partial charge on any atom is -0.352 e. The first kappa shape index (κ1) is 17.5. The van der Waals surface area contributed by atoms with Crippen molar-refractivity contribution in [2.75, 3.05) is 13.2 Å². The number of benzene rings is 1. The Morgan fingerprint density at radius 3 is 2.79 bits per heavy atom. The van der Waals surface area contributed by atoms with Crippen LogP contribution in [0.15, 0.2) is 24.3 Å². The molecule has 1 fully saturated rings. The maximum absolute atomic E-state index is 12.1. The van der Waals surface area contributed by atoms with Crippen molar-refractivity contribution in [2.24, 2.45) is 0 Å². The minimum atomic E-state index is -0.981. The number of non-ortho nitro benzene ring substituents is 1. The highest BCUT2D eigenvalue weighted by molar-refractivity contribution is 8.14. The van der Waals surface area contributed by atoms with E-state index >= 15 is 0 Å².